The van der Waals surface area contributed by atoms with E-state index in [1.165, 1.54) is 6.21 Å². The first-order valence-electron chi connectivity index (χ1n) is 8.90. The maximum absolute atomic E-state index is 12.2. The lowest BCUT2D eigenvalue weighted by Gasteiger charge is -2.13. The zero-order valence-electron chi connectivity index (χ0n) is 16.1. The second-order valence-corrected chi connectivity index (χ2v) is 8.91. The quantitative estimate of drug-likeness (QED) is 0.353. The van der Waals surface area contributed by atoms with E-state index in [9.17, 15) is 4.21 Å². The molecule has 1 atom stereocenters. The van der Waals surface area contributed by atoms with E-state index in [4.69, 9.17) is 9.47 Å². The summed E-state index contributed by atoms with van der Waals surface area (Å²) in [5.41, 5.74) is 2.17. The Balaban J connectivity index is 1.96. The maximum Gasteiger partial charge on any atom is 0.144 e. The predicted molar refractivity (Wildman–Crippen MR) is 112 cm³/mol. The molecular weight excluding hydrogens is 358 g/mol. The van der Waals surface area contributed by atoms with Crippen molar-refractivity contribution in [3.63, 3.8) is 0 Å². The normalized spacial score (nSPS) is 13.7. The lowest BCUT2D eigenvalue weighted by atomic mass is 10.2. The molecule has 0 bridgehead atoms. The Morgan fingerprint density at radius 1 is 0.963 bits per heavy atom. The maximum atomic E-state index is 12.2. The van der Waals surface area contributed by atoms with Crippen molar-refractivity contribution in [1.82, 2.24) is 0 Å². The molecule has 2 aromatic carbocycles. The van der Waals surface area contributed by atoms with Crippen molar-refractivity contribution < 1.29 is 13.7 Å². The molecule has 0 aliphatic carbocycles. The summed E-state index contributed by atoms with van der Waals surface area (Å²) in [5, 5.41) is 0. The molecule has 0 amide bonds. The number of ether oxygens (including phenoxy) is 2. The topological polar surface area (TPSA) is 47.9 Å². The zero-order valence-corrected chi connectivity index (χ0v) is 16.9. The van der Waals surface area contributed by atoms with Gasteiger partial charge in [-0.25, -0.2) is 4.21 Å². The van der Waals surface area contributed by atoms with E-state index < -0.39 is 15.7 Å². The summed E-state index contributed by atoms with van der Waals surface area (Å²) in [6.07, 6.45) is 3.34. The van der Waals surface area contributed by atoms with Crippen LogP contribution in [0.5, 0.6) is 0 Å². The molecule has 0 saturated carbocycles. The molecular formula is C22H27NO3S. The number of allylic oxidation sites excluding steroid dienone is 1. The van der Waals surface area contributed by atoms with Crippen molar-refractivity contribution in [1.29, 1.82) is 0 Å². The van der Waals surface area contributed by atoms with E-state index in [1.54, 1.807) is 0 Å². The van der Waals surface area contributed by atoms with E-state index >= 15 is 0 Å². The molecule has 0 aliphatic rings. The van der Waals surface area contributed by atoms with E-state index in [0.29, 0.717) is 25.6 Å². The van der Waals surface area contributed by atoms with Crippen LogP contribution in [-0.4, -0.2) is 21.8 Å². The molecule has 2 rings (SSSR count). The van der Waals surface area contributed by atoms with Gasteiger partial charge in [0.2, 0.25) is 0 Å². The fourth-order valence-electron chi connectivity index (χ4n) is 2.04. The van der Waals surface area contributed by atoms with Crippen molar-refractivity contribution in [2.24, 2.45) is 4.40 Å². The highest BCUT2D eigenvalue weighted by molar-refractivity contribution is 7.85. The number of hydrogen-bond acceptors (Lipinski definition) is 3. The standard InChI is InChI=1S/C22H27NO3S/c1-22(2,3)27(24)23-16-21(26-18-20-12-8-5-9-13-20)14-15-25-17-19-10-6-4-7-11-19/h4-14,16H,15,17-18H2,1-3H3/b21-14-,23-16?/t27-/m1/s1. The van der Waals surface area contributed by atoms with Crippen molar-refractivity contribution in [3.8, 4) is 0 Å². The first-order chi connectivity index (χ1) is 12.9. The highest BCUT2D eigenvalue weighted by Gasteiger charge is 2.18. The third-order valence-corrected chi connectivity index (χ3v) is 4.91. The van der Waals surface area contributed by atoms with Crippen LogP contribution in [-0.2, 0) is 33.7 Å². The third-order valence-electron chi connectivity index (χ3n) is 3.56. The summed E-state index contributed by atoms with van der Waals surface area (Å²) in [7, 11) is -1.34. The summed E-state index contributed by atoms with van der Waals surface area (Å²) < 4.78 is 27.4. The van der Waals surface area contributed by atoms with Gasteiger partial charge in [0, 0.05) is 0 Å². The first kappa shape index (κ1) is 21.1. The molecule has 0 aliphatic heterocycles. The SMILES string of the molecule is CC(C)(C)[S@@](=O)N=C/C(=C/COCc1ccccc1)OCc1ccccc1. The molecule has 2 aromatic rings. The van der Waals surface area contributed by atoms with Gasteiger partial charge in [0.15, 0.2) is 0 Å². The van der Waals surface area contributed by atoms with Crippen LogP contribution in [0, 0.1) is 0 Å². The number of hydrogen-bond donors (Lipinski definition) is 0. The van der Waals surface area contributed by atoms with Gasteiger partial charge in [0.25, 0.3) is 0 Å². The highest BCUT2D eigenvalue weighted by atomic mass is 32.2. The Labute approximate surface area is 164 Å². The second-order valence-electron chi connectivity index (χ2n) is 6.98. The molecule has 4 nitrogen and oxygen atoms in total. The molecule has 0 heterocycles. The average Bonchev–Trinajstić information content (AvgIpc) is 2.67. The predicted octanol–water partition coefficient (Wildman–Crippen LogP) is 4.84. The molecule has 27 heavy (non-hydrogen) atoms. The highest BCUT2D eigenvalue weighted by Crippen LogP contribution is 2.13. The molecule has 0 saturated heterocycles. The average molecular weight is 386 g/mol. The molecule has 0 radical (unpaired) electrons. The zero-order chi connectivity index (χ0) is 19.5. The summed E-state index contributed by atoms with van der Waals surface area (Å²) >= 11 is 0. The van der Waals surface area contributed by atoms with Gasteiger partial charge in [-0.15, -0.1) is 0 Å². The Bertz CT molecular complexity index is 765. The van der Waals surface area contributed by atoms with Crippen LogP contribution in [0.4, 0.5) is 0 Å². The second kappa shape index (κ2) is 10.8. The lowest BCUT2D eigenvalue weighted by Crippen LogP contribution is -2.19. The van der Waals surface area contributed by atoms with Gasteiger partial charge < -0.3 is 9.47 Å². The molecule has 0 aromatic heterocycles. The van der Waals surface area contributed by atoms with Crippen LogP contribution in [0.25, 0.3) is 0 Å². The van der Waals surface area contributed by atoms with E-state index in [2.05, 4.69) is 4.40 Å². The van der Waals surface area contributed by atoms with Crippen LogP contribution in [0.15, 0.2) is 76.9 Å². The number of benzene rings is 2. The minimum absolute atomic E-state index is 0.382. The van der Waals surface area contributed by atoms with Crippen molar-refractivity contribution in [2.75, 3.05) is 6.61 Å². The molecule has 0 fully saturated rings. The monoisotopic (exact) mass is 385 g/mol. The van der Waals surface area contributed by atoms with Gasteiger partial charge in [-0.3, -0.25) is 0 Å². The minimum atomic E-state index is -1.34. The molecule has 0 N–H and O–H groups in total. The molecule has 144 valence electrons. The van der Waals surface area contributed by atoms with Gasteiger partial charge >= 0.3 is 0 Å². The first-order valence-corrected chi connectivity index (χ1v) is 10.0. The van der Waals surface area contributed by atoms with Crippen LogP contribution in [0.3, 0.4) is 0 Å². The van der Waals surface area contributed by atoms with Crippen LogP contribution >= 0.6 is 0 Å². The van der Waals surface area contributed by atoms with Crippen molar-refractivity contribution in [3.05, 3.63) is 83.6 Å². The summed E-state index contributed by atoms with van der Waals surface area (Å²) in [5.74, 6) is 0.546. The van der Waals surface area contributed by atoms with E-state index in [0.717, 1.165) is 11.1 Å². The summed E-state index contributed by atoms with van der Waals surface area (Å²) in [6, 6.07) is 19.9. The summed E-state index contributed by atoms with van der Waals surface area (Å²) in [6.45, 7) is 6.98. The van der Waals surface area contributed by atoms with Crippen LogP contribution in [0.1, 0.15) is 31.9 Å². The Morgan fingerprint density at radius 3 is 2.07 bits per heavy atom. The van der Waals surface area contributed by atoms with Gasteiger partial charge in [0.05, 0.1) is 24.2 Å². The lowest BCUT2D eigenvalue weighted by molar-refractivity contribution is 0.143. The van der Waals surface area contributed by atoms with E-state index in [1.807, 2.05) is 87.5 Å². The fraction of sp³-hybridized carbons (Fsp3) is 0.318. The van der Waals surface area contributed by atoms with Crippen LogP contribution < -0.4 is 0 Å². The smallest absolute Gasteiger partial charge is 0.144 e. The fourth-order valence-corrected chi connectivity index (χ4v) is 2.56. The molecule has 0 spiro atoms. The van der Waals surface area contributed by atoms with E-state index in [-0.39, 0.29) is 0 Å². The minimum Gasteiger partial charge on any atom is -0.488 e. The van der Waals surface area contributed by atoms with Gasteiger partial charge in [-0.05, 0) is 38.0 Å². The Morgan fingerprint density at radius 2 is 1.52 bits per heavy atom. The Hall–Kier alpha value is -2.24. The van der Waals surface area contributed by atoms with Gasteiger partial charge in [-0.2, -0.15) is 4.40 Å². The molecule has 5 heteroatoms. The molecule has 0 unspecified atom stereocenters. The van der Waals surface area contributed by atoms with Crippen molar-refractivity contribution in [2.45, 2.75) is 38.7 Å². The Kier molecular flexibility index (Phi) is 8.43. The van der Waals surface area contributed by atoms with Gasteiger partial charge in [0.1, 0.15) is 23.4 Å². The van der Waals surface area contributed by atoms with Gasteiger partial charge in [-0.1, -0.05) is 60.7 Å². The van der Waals surface area contributed by atoms with Crippen molar-refractivity contribution >= 4 is 17.2 Å². The number of rotatable bonds is 9. The number of nitrogens with zero attached hydrogens (tertiary/aromatic N) is 1. The van der Waals surface area contributed by atoms with Crippen LogP contribution in [0.2, 0.25) is 0 Å². The summed E-state index contributed by atoms with van der Waals surface area (Å²) in [4.78, 5) is 0. The third kappa shape index (κ3) is 8.33. The largest absolute Gasteiger partial charge is 0.488 e.